The number of nitrogens with one attached hydrogen (secondary N) is 1. The van der Waals surface area contributed by atoms with Gasteiger partial charge in [0.05, 0.1) is 5.92 Å². The second kappa shape index (κ2) is 8.10. The van der Waals surface area contributed by atoms with E-state index in [0.29, 0.717) is 30.5 Å². The van der Waals surface area contributed by atoms with Gasteiger partial charge in [-0.05, 0) is 55.3 Å². The summed E-state index contributed by atoms with van der Waals surface area (Å²) < 4.78 is 19.8. The molecule has 1 saturated heterocycles. The molecule has 1 N–H and O–H groups in total. The highest BCUT2D eigenvalue weighted by Crippen LogP contribution is 2.28. The van der Waals surface area contributed by atoms with E-state index in [4.69, 9.17) is 4.52 Å². The van der Waals surface area contributed by atoms with E-state index >= 15 is 0 Å². The van der Waals surface area contributed by atoms with Crippen LogP contribution in [0.25, 0.3) is 11.4 Å². The maximum atomic E-state index is 13.3. The summed E-state index contributed by atoms with van der Waals surface area (Å²) in [6, 6.07) is 13.3. The standard InChI is InChI=1S/C20H18BrFN4O2/c21-15-8-6-13(7-9-15)18-24-19(28-25-18)14-3-2-10-26(12-14)20(27)23-17-5-1-4-16(22)11-17/h1,4-9,11,14H,2-3,10,12H2,(H,23,27). The first-order valence-electron chi connectivity index (χ1n) is 8.99. The number of anilines is 1. The Kier molecular flexibility index (Phi) is 5.38. The Morgan fingerprint density at radius 1 is 1.25 bits per heavy atom. The lowest BCUT2D eigenvalue weighted by molar-refractivity contribution is 0.184. The number of halogens is 2. The molecular weight excluding hydrogens is 427 g/mol. The van der Waals surface area contributed by atoms with Gasteiger partial charge in [-0.3, -0.25) is 0 Å². The number of piperidine rings is 1. The van der Waals surface area contributed by atoms with Gasteiger partial charge in [-0.25, -0.2) is 9.18 Å². The molecule has 1 aromatic heterocycles. The first-order valence-corrected chi connectivity index (χ1v) is 9.79. The van der Waals surface area contributed by atoms with Gasteiger partial charge in [-0.15, -0.1) is 0 Å². The SMILES string of the molecule is O=C(Nc1cccc(F)c1)N1CCCC(c2nc(-c3ccc(Br)cc3)no2)C1. The lowest BCUT2D eigenvalue weighted by Gasteiger charge is -2.31. The maximum Gasteiger partial charge on any atom is 0.321 e. The molecular formula is C20H18BrFN4O2. The van der Waals surface area contributed by atoms with Gasteiger partial charge in [0, 0.05) is 28.8 Å². The van der Waals surface area contributed by atoms with Crippen molar-refractivity contribution in [3.8, 4) is 11.4 Å². The Hall–Kier alpha value is -2.74. The van der Waals surface area contributed by atoms with E-state index in [9.17, 15) is 9.18 Å². The van der Waals surface area contributed by atoms with Crippen molar-refractivity contribution in [2.24, 2.45) is 0 Å². The Morgan fingerprint density at radius 3 is 2.86 bits per heavy atom. The molecule has 2 amide bonds. The highest BCUT2D eigenvalue weighted by molar-refractivity contribution is 9.10. The summed E-state index contributed by atoms with van der Waals surface area (Å²) in [5.41, 5.74) is 1.30. The van der Waals surface area contributed by atoms with Crippen LogP contribution in [0.2, 0.25) is 0 Å². The molecule has 1 atom stereocenters. The molecule has 0 saturated carbocycles. The summed E-state index contributed by atoms with van der Waals surface area (Å²) in [6.45, 7) is 1.11. The molecule has 1 fully saturated rings. The Bertz CT molecular complexity index is 976. The van der Waals surface area contributed by atoms with Crippen molar-refractivity contribution in [3.63, 3.8) is 0 Å². The fourth-order valence-electron chi connectivity index (χ4n) is 3.25. The zero-order chi connectivity index (χ0) is 19.5. The van der Waals surface area contributed by atoms with Crippen LogP contribution in [0.1, 0.15) is 24.7 Å². The second-order valence-electron chi connectivity index (χ2n) is 6.69. The van der Waals surface area contributed by atoms with Crippen LogP contribution in [0.5, 0.6) is 0 Å². The fourth-order valence-corrected chi connectivity index (χ4v) is 3.51. The second-order valence-corrected chi connectivity index (χ2v) is 7.60. The van der Waals surface area contributed by atoms with Gasteiger partial charge < -0.3 is 14.7 Å². The lowest BCUT2D eigenvalue weighted by Crippen LogP contribution is -2.41. The Balaban J connectivity index is 1.43. The maximum absolute atomic E-state index is 13.3. The largest absolute Gasteiger partial charge is 0.339 e. The summed E-state index contributed by atoms with van der Waals surface area (Å²) in [4.78, 5) is 18.8. The minimum Gasteiger partial charge on any atom is -0.339 e. The number of aromatic nitrogens is 2. The molecule has 0 aliphatic carbocycles. The summed E-state index contributed by atoms with van der Waals surface area (Å²) in [6.07, 6.45) is 1.70. The fraction of sp³-hybridized carbons (Fsp3) is 0.250. The molecule has 1 unspecified atom stereocenters. The molecule has 28 heavy (non-hydrogen) atoms. The van der Waals surface area contributed by atoms with Crippen molar-refractivity contribution in [2.75, 3.05) is 18.4 Å². The first kappa shape index (κ1) is 18.6. The van der Waals surface area contributed by atoms with E-state index in [-0.39, 0.29) is 17.8 Å². The van der Waals surface area contributed by atoms with E-state index in [1.165, 1.54) is 12.1 Å². The summed E-state index contributed by atoms with van der Waals surface area (Å²) in [5.74, 6) is 0.648. The van der Waals surface area contributed by atoms with Gasteiger partial charge in [0.2, 0.25) is 11.7 Å². The third-order valence-electron chi connectivity index (χ3n) is 4.68. The smallest absolute Gasteiger partial charge is 0.321 e. The van der Waals surface area contributed by atoms with E-state index in [2.05, 4.69) is 31.4 Å². The van der Waals surface area contributed by atoms with Crippen molar-refractivity contribution in [1.29, 1.82) is 0 Å². The summed E-state index contributed by atoms with van der Waals surface area (Å²) in [7, 11) is 0. The number of amides is 2. The third-order valence-corrected chi connectivity index (χ3v) is 5.21. The van der Waals surface area contributed by atoms with Gasteiger partial charge in [-0.1, -0.05) is 27.2 Å². The number of urea groups is 1. The average Bonchev–Trinajstić information content (AvgIpc) is 3.19. The van der Waals surface area contributed by atoms with Crippen LogP contribution >= 0.6 is 15.9 Å². The van der Waals surface area contributed by atoms with Gasteiger partial charge in [-0.2, -0.15) is 4.98 Å². The number of benzene rings is 2. The average molecular weight is 445 g/mol. The molecule has 144 valence electrons. The zero-order valence-corrected chi connectivity index (χ0v) is 16.5. The number of hydrogen-bond donors (Lipinski definition) is 1. The lowest BCUT2D eigenvalue weighted by atomic mass is 9.98. The molecule has 0 spiro atoms. The van der Waals surface area contributed by atoms with Crippen molar-refractivity contribution in [3.05, 3.63) is 64.7 Å². The number of hydrogen-bond acceptors (Lipinski definition) is 4. The first-order chi connectivity index (χ1) is 13.6. The van der Waals surface area contributed by atoms with E-state index < -0.39 is 0 Å². The molecule has 3 aromatic rings. The third kappa shape index (κ3) is 4.22. The van der Waals surface area contributed by atoms with Crippen LogP contribution in [0, 0.1) is 5.82 Å². The van der Waals surface area contributed by atoms with Crippen LogP contribution in [0.15, 0.2) is 57.5 Å². The minimum absolute atomic E-state index is 0.0243. The quantitative estimate of drug-likeness (QED) is 0.613. The van der Waals surface area contributed by atoms with Crippen LogP contribution in [-0.2, 0) is 0 Å². The number of likely N-dealkylation sites (tertiary alicyclic amines) is 1. The number of carbonyl (C=O) groups excluding carboxylic acids is 1. The summed E-state index contributed by atoms with van der Waals surface area (Å²) >= 11 is 3.41. The molecule has 4 rings (SSSR count). The molecule has 6 nitrogen and oxygen atoms in total. The van der Waals surface area contributed by atoms with Crippen LogP contribution < -0.4 is 5.32 Å². The summed E-state index contributed by atoms with van der Waals surface area (Å²) in [5, 5.41) is 6.81. The minimum atomic E-state index is -0.388. The predicted octanol–water partition coefficient (Wildman–Crippen LogP) is 5.05. The highest BCUT2D eigenvalue weighted by Gasteiger charge is 2.28. The van der Waals surface area contributed by atoms with Crippen LogP contribution in [0.3, 0.4) is 0 Å². The van der Waals surface area contributed by atoms with E-state index in [1.54, 1.807) is 17.0 Å². The molecule has 2 aromatic carbocycles. The topological polar surface area (TPSA) is 71.3 Å². The molecule has 1 aliphatic rings. The highest BCUT2D eigenvalue weighted by atomic mass is 79.9. The van der Waals surface area contributed by atoms with Crippen molar-refractivity contribution in [1.82, 2.24) is 15.0 Å². The van der Waals surface area contributed by atoms with Gasteiger partial charge in [0.25, 0.3) is 0 Å². The van der Waals surface area contributed by atoms with Crippen molar-refractivity contribution < 1.29 is 13.7 Å². The normalized spacial score (nSPS) is 16.8. The van der Waals surface area contributed by atoms with Crippen molar-refractivity contribution >= 4 is 27.6 Å². The zero-order valence-electron chi connectivity index (χ0n) is 14.9. The Morgan fingerprint density at radius 2 is 2.07 bits per heavy atom. The molecule has 0 radical (unpaired) electrons. The number of nitrogens with zero attached hydrogens (tertiary/aromatic N) is 3. The van der Waals surface area contributed by atoms with Crippen LogP contribution in [-0.4, -0.2) is 34.2 Å². The number of rotatable bonds is 3. The van der Waals surface area contributed by atoms with Gasteiger partial charge >= 0.3 is 6.03 Å². The number of carbonyl (C=O) groups is 1. The van der Waals surface area contributed by atoms with Gasteiger partial charge in [0.15, 0.2) is 0 Å². The molecule has 1 aliphatic heterocycles. The Labute approximate surface area is 169 Å². The molecule has 8 heteroatoms. The van der Waals surface area contributed by atoms with Crippen LogP contribution in [0.4, 0.5) is 14.9 Å². The van der Waals surface area contributed by atoms with E-state index in [0.717, 1.165) is 22.9 Å². The molecule has 2 heterocycles. The predicted molar refractivity (Wildman–Crippen MR) is 106 cm³/mol. The molecule has 0 bridgehead atoms. The van der Waals surface area contributed by atoms with Gasteiger partial charge in [0.1, 0.15) is 5.82 Å². The van der Waals surface area contributed by atoms with E-state index in [1.807, 2.05) is 24.3 Å². The monoisotopic (exact) mass is 444 g/mol. The van der Waals surface area contributed by atoms with Crippen molar-refractivity contribution in [2.45, 2.75) is 18.8 Å².